The number of amides is 1. The highest BCUT2D eigenvalue weighted by molar-refractivity contribution is 6.30. The summed E-state index contributed by atoms with van der Waals surface area (Å²) in [5.74, 6) is 1.04. The average Bonchev–Trinajstić information content (AvgIpc) is 2.57. The van der Waals surface area contributed by atoms with Gasteiger partial charge in [-0.25, -0.2) is 0 Å². The number of benzene rings is 2. The van der Waals surface area contributed by atoms with Gasteiger partial charge in [0.1, 0.15) is 23.6 Å². The summed E-state index contributed by atoms with van der Waals surface area (Å²) >= 11 is 6.00. The van der Waals surface area contributed by atoms with Crippen molar-refractivity contribution >= 4 is 23.2 Å². The fourth-order valence-corrected chi connectivity index (χ4v) is 3.31. The summed E-state index contributed by atoms with van der Waals surface area (Å²) in [6.45, 7) is 0. The normalized spacial score (nSPS) is 25.1. The van der Waals surface area contributed by atoms with Crippen LogP contribution < -0.4 is 14.4 Å². The Kier molecular flexibility index (Phi) is 3.21. The first-order chi connectivity index (χ1) is 11.1. The quantitative estimate of drug-likeness (QED) is 0.859. The number of hydrogen-bond donors (Lipinski definition) is 1. The van der Waals surface area contributed by atoms with E-state index in [9.17, 15) is 9.90 Å². The van der Waals surface area contributed by atoms with Gasteiger partial charge in [0.05, 0.1) is 7.11 Å². The first-order valence-corrected chi connectivity index (χ1v) is 7.59. The van der Waals surface area contributed by atoms with Crippen LogP contribution in [0.25, 0.3) is 0 Å². The zero-order valence-electron chi connectivity index (χ0n) is 12.3. The van der Waals surface area contributed by atoms with Crippen LogP contribution in [-0.2, 0) is 4.79 Å². The summed E-state index contributed by atoms with van der Waals surface area (Å²) in [4.78, 5) is 14.0. The van der Waals surface area contributed by atoms with E-state index in [0.29, 0.717) is 27.8 Å². The van der Waals surface area contributed by atoms with Gasteiger partial charge in [0.15, 0.2) is 0 Å². The van der Waals surface area contributed by atoms with Crippen LogP contribution in [0.1, 0.15) is 11.7 Å². The Morgan fingerprint density at radius 3 is 2.65 bits per heavy atom. The largest absolute Gasteiger partial charge is 0.497 e. The Bertz CT molecular complexity index is 777. The van der Waals surface area contributed by atoms with Crippen molar-refractivity contribution in [2.75, 3.05) is 12.0 Å². The van der Waals surface area contributed by atoms with Gasteiger partial charge in [-0.2, -0.15) is 0 Å². The lowest BCUT2D eigenvalue weighted by Gasteiger charge is -2.51. The molecule has 118 valence electrons. The van der Waals surface area contributed by atoms with E-state index in [1.807, 2.05) is 0 Å². The molecule has 1 saturated heterocycles. The van der Waals surface area contributed by atoms with Crippen LogP contribution >= 0.6 is 11.6 Å². The molecular weight excluding hydrogens is 318 g/mol. The summed E-state index contributed by atoms with van der Waals surface area (Å²) in [5.41, 5.74) is 1.30. The van der Waals surface area contributed by atoms with E-state index in [-0.39, 0.29) is 5.91 Å². The van der Waals surface area contributed by atoms with Crippen molar-refractivity contribution in [1.29, 1.82) is 0 Å². The van der Waals surface area contributed by atoms with Crippen LogP contribution in [0.5, 0.6) is 11.5 Å². The molecule has 2 aromatic rings. The second-order valence-corrected chi connectivity index (χ2v) is 6.00. The molecule has 0 aliphatic carbocycles. The number of carbonyl (C=O) groups excluding carboxylic acids is 1. The number of anilines is 1. The van der Waals surface area contributed by atoms with Gasteiger partial charge in [-0.05, 0) is 42.5 Å². The monoisotopic (exact) mass is 331 g/mol. The van der Waals surface area contributed by atoms with Gasteiger partial charge in [-0.15, -0.1) is 0 Å². The van der Waals surface area contributed by atoms with E-state index in [2.05, 4.69) is 0 Å². The molecule has 0 saturated carbocycles. The van der Waals surface area contributed by atoms with Crippen molar-refractivity contribution in [1.82, 2.24) is 0 Å². The molecule has 2 aliphatic heterocycles. The fourth-order valence-electron chi connectivity index (χ4n) is 3.13. The Balaban J connectivity index is 1.69. The zero-order chi connectivity index (χ0) is 16.1. The van der Waals surface area contributed by atoms with Crippen molar-refractivity contribution in [3.05, 3.63) is 53.1 Å². The summed E-state index contributed by atoms with van der Waals surface area (Å²) < 4.78 is 10.9. The number of nitrogens with zero attached hydrogens (tertiary/aromatic N) is 1. The molecule has 0 radical (unpaired) electrons. The highest BCUT2D eigenvalue weighted by atomic mass is 35.5. The minimum atomic E-state index is -0.845. The zero-order valence-corrected chi connectivity index (χ0v) is 13.0. The molecule has 2 aliphatic rings. The van der Waals surface area contributed by atoms with E-state index < -0.39 is 18.2 Å². The molecule has 2 aromatic carbocycles. The lowest BCUT2D eigenvalue weighted by Crippen LogP contribution is -2.70. The Hall–Kier alpha value is -2.24. The van der Waals surface area contributed by atoms with Crippen molar-refractivity contribution in [2.24, 2.45) is 0 Å². The fraction of sp³-hybridized carbons (Fsp3) is 0.235. The summed E-state index contributed by atoms with van der Waals surface area (Å²) in [6.07, 6.45) is -1.51. The molecule has 1 N–H and O–H groups in total. The van der Waals surface area contributed by atoms with Crippen molar-refractivity contribution in [3.8, 4) is 11.5 Å². The highest BCUT2D eigenvalue weighted by Crippen LogP contribution is 2.45. The predicted octanol–water partition coefficient (Wildman–Crippen LogP) is 2.56. The maximum Gasteiger partial charge on any atom is 0.270 e. The van der Waals surface area contributed by atoms with E-state index >= 15 is 0 Å². The molecule has 0 unspecified atom stereocenters. The summed E-state index contributed by atoms with van der Waals surface area (Å²) in [6, 6.07) is 11.7. The third-order valence-electron chi connectivity index (χ3n) is 4.31. The molecule has 0 aromatic heterocycles. The highest BCUT2D eigenvalue weighted by Gasteiger charge is 2.56. The van der Waals surface area contributed by atoms with Gasteiger partial charge in [0, 0.05) is 16.3 Å². The average molecular weight is 332 g/mol. The van der Waals surface area contributed by atoms with Gasteiger partial charge in [-0.3, -0.25) is 9.69 Å². The van der Waals surface area contributed by atoms with E-state index in [0.717, 1.165) is 0 Å². The standard InChI is InChI=1S/C17H14ClNO4/c1-22-11-5-3-10(4-6-11)19-14-15(20)12-8-9(18)2-7-13(12)23-16(14)17(19)21/h2-8,14-16,20H,1H3/t14-,15-,16+/m0/s1. The molecule has 6 heteroatoms. The number of β-lactam (4-membered cyclic amide) rings is 1. The lowest BCUT2D eigenvalue weighted by molar-refractivity contribution is -0.141. The van der Waals surface area contributed by atoms with Crippen LogP contribution in [0.3, 0.4) is 0 Å². The Morgan fingerprint density at radius 2 is 1.96 bits per heavy atom. The third kappa shape index (κ3) is 2.08. The predicted molar refractivity (Wildman–Crippen MR) is 85.1 cm³/mol. The molecule has 23 heavy (non-hydrogen) atoms. The number of methoxy groups -OCH3 is 1. The number of aliphatic hydroxyl groups is 1. The molecule has 0 spiro atoms. The summed E-state index contributed by atoms with van der Waals surface area (Å²) in [5, 5.41) is 11.2. The second-order valence-electron chi connectivity index (χ2n) is 5.56. The minimum Gasteiger partial charge on any atom is -0.497 e. The van der Waals surface area contributed by atoms with Crippen LogP contribution in [0.2, 0.25) is 5.02 Å². The number of hydrogen-bond acceptors (Lipinski definition) is 4. The number of ether oxygens (including phenoxy) is 2. The number of carbonyl (C=O) groups is 1. The van der Waals surface area contributed by atoms with E-state index in [1.54, 1.807) is 54.5 Å². The smallest absolute Gasteiger partial charge is 0.270 e. The number of aliphatic hydroxyl groups excluding tert-OH is 1. The maximum absolute atomic E-state index is 12.4. The first kappa shape index (κ1) is 14.4. The lowest BCUT2D eigenvalue weighted by atomic mass is 9.85. The van der Waals surface area contributed by atoms with Gasteiger partial charge in [0.2, 0.25) is 6.10 Å². The van der Waals surface area contributed by atoms with Gasteiger partial charge < -0.3 is 14.6 Å². The number of halogens is 1. The van der Waals surface area contributed by atoms with Crippen LogP contribution in [0.15, 0.2) is 42.5 Å². The Labute approximate surface area is 138 Å². The van der Waals surface area contributed by atoms with Gasteiger partial charge in [-0.1, -0.05) is 11.6 Å². The topological polar surface area (TPSA) is 59.0 Å². The van der Waals surface area contributed by atoms with Crippen molar-refractivity contribution < 1.29 is 19.4 Å². The van der Waals surface area contributed by atoms with E-state index in [4.69, 9.17) is 21.1 Å². The maximum atomic E-state index is 12.4. The van der Waals surface area contributed by atoms with Crippen LogP contribution in [0, 0.1) is 0 Å². The molecule has 3 atom stereocenters. The molecule has 2 heterocycles. The SMILES string of the molecule is COc1ccc(N2C(=O)[C@@H]3Oc4ccc(Cl)cc4[C@H](O)[C@@H]32)cc1. The van der Waals surface area contributed by atoms with Gasteiger partial charge in [0.25, 0.3) is 5.91 Å². The minimum absolute atomic E-state index is 0.167. The van der Waals surface area contributed by atoms with Crippen molar-refractivity contribution in [3.63, 3.8) is 0 Å². The molecule has 1 fully saturated rings. The van der Waals surface area contributed by atoms with E-state index in [1.165, 1.54) is 0 Å². The second kappa shape index (κ2) is 5.15. The number of fused-ring (bicyclic) bond motifs is 2. The molecule has 0 bridgehead atoms. The number of rotatable bonds is 2. The van der Waals surface area contributed by atoms with Crippen molar-refractivity contribution in [2.45, 2.75) is 18.2 Å². The molecule has 4 rings (SSSR count). The molecule has 1 amide bonds. The van der Waals surface area contributed by atoms with Crippen LogP contribution in [0.4, 0.5) is 5.69 Å². The first-order valence-electron chi connectivity index (χ1n) is 7.21. The Morgan fingerprint density at radius 1 is 1.22 bits per heavy atom. The van der Waals surface area contributed by atoms with Gasteiger partial charge >= 0.3 is 0 Å². The molecule has 5 nitrogen and oxygen atoms in total. The summed E-state index contributed by atoms with van der Waals surface area (Å²) in [7, 11) is 1.58. The van der Waals surface area contributed by atoms with Crippen LogP contribution in [-0.4, -0.2) is 30.3 Å². The molecular formula is C17H14ClNO4. The third-order valence-corrected chi connectivity index (χ3v) is 4.54.